The van der Waals surface area contributed by atoms with Crippen LogP contribution in [0.3, 0.4) is 0 Å². The number of aliphatic hydroxyl groups is 1. The van der Waals surface area contributed by atoms with Gasteiger partial charge in [0.1, 0.15) is 18.5 Å². The van der Waals surface area contributed by atoms with Gasteiger partial charge in [0.05, 0.1) is 0 Å². The second-order valence-electron chi connectivity index (χ2n) is 5.22. The standard InChI is InChI=1S/C16H28N2O2/c1-4-14(2)18(3)11-10-17-12-15(19)13-20-16-8-6-5-7-9-16/h5-9,14-15,17,19H,4,10-13H2,1-3H3. The highest BCUT2D eigenvalue weighted by Gasteiger charge is 2.07. The second kappa shape index (κ2) is 9.75. The summed E-state index contributed by atoms with van der Waals surface area (Å²) in [5.41, 5.74) is 0. The van der Waals surface area contributed by atoms with Crippen LogP contribution in [0.15, 0.2) is 30.3 Å². The van der Waals surface area contributed by atoms with Crippen molar-refractivity contribution in [2.45, 2.75) is 32.4 Å². The van der Waals surface area contributed by atoms with E-state index in [9.17, 15) is 5.11 Å². The molecule has 0 aliphatic heterocycles. The maximum atomic E-state index is 9.83. The predicted molar refractivity (Wildman–Crippen MR) is 83.2 cm³/mol. The van der Waals surface area contributed by atoms with Crippen LogP contribution in [-0.4, -0.2) is 55.4 Å². The molecule has 2 N–H and O–H groups in total. The number of aliphatic hydroxyl groups excluding tert-OH is 1. The molecule has 0 amide bonds. The van der Waals surface area contributed by atoms with Crippen molar-refractivity contribution < 1.29 is 9.84 Å². The first-order chi connectivity index (χ1) is 9.63. The Kier molecular flexibility index (Phi) is 8.26. The Hall–Kier alpha value is -1.10. The van der Waals surface area contributed by atoms with Crippen LogP contribution < -0.4 is 10.1 Å². The van der Waals surface area contributed by atoms with Gasteiger partial charge in [0.2, 0.25) is 0 Å². The zero-order valence-electron chi connectivity index (χ0n) is 12.9. The van der Waals surface area contributed by atoms with Crippen LogP contribution in [0.2, 0.25) is 0 Å². The van der Waals surface area contributed by atoms with E-state index in [0.717, 1.165) is 25.3 Å². The van der Waals surface area contributed by atoms with Gasteiger partial charge in [-0.25, -0.2) is 0 Å². The second-order valence-corrected chi connectivity index (χ2v) is 5.22. The monoisotopic (exact) mass is 280 g/mol. The van der Waals surface area contributed by atoms with Crippen LogP contribution >= 0.6 is 0 Å². The average Bonchev–Trinajstić information content (AvgIpc) is 2.49. The van der Waals surface area contributed by atoms with Gasteiger partial charge in [0.25, 0.3) is 0 Å². The molecular weight excluding hydrogens is 252 g/mol. The summed E-state index contributed by atoms with van der Waals surface area (Å²) in [6.07, 6.45) is 0.674. The Morgan fingerprint density at radius 3 is 2.65 bits per heavy atom. The van der Waals surface area contributed by atoms with Crippen molar-refractivity contribution in [1.82, 2.24) is 10.2 Å². The SMILES string of the molecule is CCC(C)N(C)CCNCC(O)COc1ccccc1. The van der Waals surface area contributed by atoms with E-state index in [2.05, 4.69) is 31.1 Å². The molecule has 20 heavy (non-hydrogen) atoms. The van der Waals surface area contributed by atoms with Crippen molar-refractivity contribution in [3.63, 3.8) is 0 Å². The van der Waals surface area contributed by atoms with Crippen molar-refractivity contribution in [3.05, 3.63) is 30.3 Å². The summed E-state index contributed by atoms with van der Waals surface area (Å²) in [7, 11) is 2.13. The van der Waals surface area contributed by atoms with Crippen molar-refractivity contribution in [2.75, 3.05) is 33.3 Å². The normalized spacial score (nSPS) is 14.2. The van der Waals surface area contributed by atoms with E-state index < -0.39 is 6.10 Å². The number of ether oxygens (including phenoxy) is 1. The minimum Gasteiger partial charge on any atom is -0.491 e. The highest BCUT2D eigenvalue weighted by molar-refractivity contribution is 5.20. The van der Waals surface area contributed by atoms with E-state index in [1.807, 2.05) is 30.3 Å². The lowest BCUT2D eigenvalue weighted by atomic mass is 10.2. The summed E-state index contributed by atoms with van der Waals surface area (Å²) in [5, 5.41) is 13.1. The van der Waals surface area contributed by atoms with Crippen LogP contribution in [0.5, 0.6) is 5.75 Å². The minimum atomic E-state index is -0.482. The van der Waals surface area contributed by atoms with Crippen molar-refractivity contribution in [3.8, 4) is 5.75 Å². The van der Waals surface area contributed by atoms with Gasteiger partial charge in [0.15, 0.2) is 0 Å². The Balaban J connectivity index is 2.07. The van der Waals surface area contributed by atoms with Gasteiger partial charge in [0, 0.05) is 25.7 Å². The summed E-state index contributed by atoms with van der Waals surface area (Å²) >= 11 is 0. The van der Waals surface area contributed by atoms with Crippen molar-refractivity contribution in [2.24, 2.45) is 0 Å². The zero-order valence-corrected chi connectivity index (χ0v) is 12.9. The van der Waals surface area contributed by atoms with E-state index in [1.165, 1.54) is 0 Å². The molecule has 0 saturated carbocycles. The Morgan fingerprint density at radius 1 is 1.30 bits per heavy atom. The van der Waals surface area contributed by atoms with E-state index in [4.69, 9.17) is 4.74 Å². The predicted octanol–water partition coefficient (Wildman–Crippen LogP) is 1.75. The third kappa shape index (κ3) is 6.89. The number of hydrogen-bond acceptors (Lipinski definition) is 4. The van der Waals surface area contributed by atoms with E-state index in [-0.39, 0.29) is 0 Å². The molecule has 2 atom stereocenters. The highest BCUT2D eigenvalue weighted by Crippen LogP contribution is 2.08. The van der Waals surface area contributed by atoms with Crippen LogP contribution in [0.1, 0.15) is 20.3 Å². The molecule has 0 aliphatic rings. The third-order valence-corrected chi connectivity index (χ3v) is 3.55. The summed E-state index contributed by atoms with van der Waals surface area (Å²) in [4.78, 5) is 2.32. The molecule has 0 aliphatic carbocycles. The van der Waals surface area contributed by atoms with Gasteiger partial charge >= 0.3 is 0 Å². The molecule has 4 nitrogen and oxygen atoms in total. The first kappa shape index (κ1) is 17.0. The molecule has 1 rings (SSSR count). The summed E-state index contributed by atoms with van der Waals surface area (Å²) in [6.45, 7) is 7.16. The molecule has 0 heterocycles. The molecule has 1 aromatic rings. The molecule has 1 aromatic carbocycles. The fourth-order valence-electron chi connectivity index (χ4n) is 1.82. The summed E-state index contributed by atoms with van der Waals surface area (Å²) in [6, 6.07) is 10.2. The molecule has 0 radical (unpaired) electrons. The first-order valence-corrected chi connectivity index (χ1v) is 7.40. The smallest absolute Gasteiger partial charge is 0.119 e. The van der Waals surface area contributed by atoms with Gasteiger partial charge < -0.3 is 20.1 Å². The van der Waals surface area contributed by atoms with E-state index in [1.54, 1.807) is 0 Å². The van der Waals surface area contributed by atoms with Gasteiger partial charge in [-0.1, -0.05) is 25.1 Å². The van der Waals surface area contributed by atoms with Crippen molar-refractivity contribution >= 4 is 0 Å². The van der Waals surface area contributed by atoms with Crippen LogP contribution in [0, 0.1) is 0 Å². The number of nitrogens with one attached hydrogen (secondary N) is 1. The number of benzene rings is 1. The Morgan fingerprint density at radius 2 is 2.00 bits per heavy atom. The quantitative estimate of drug-likeness (QED) is 0.641. The van der Waals surface area contributed by atoms with Gasteiger partial charge in [-0.2, -0.15) is 0 Å². The number of para-hydroxylation sites is 1. The lowest BCUT2D eigenvalue weighted by molar-refractivity contribution is 0.105. The molecule has 2 unspecified atom stereocenters. The van der Waals surface area contributed by atoms with E-state index >= 15 is 0 Å². The van der Waals surface area contributed by atoms with Crippen LogP contribution in [0.4, 0.5) is 0 Å². The molecule has 0 aromatic heterocycles. The lowest BCUT2D eigenvalue weighted by Crippen LogP contribution is -2.38. The molecule has 0 spiro atoms. The van der Waals surface area contributed by atoms with Gasteiger partial charge in [-0.15, -0.1) is 0 Å². The molecule has 114 valence electrons. The summed E-state index contributed by atoms with van der Waals surface area (Å²) in [5.74, 6) is 0.794. The summed E-state index contributed by atoms with van der Waals surface area (Å²) < 4.78 is 5.50. The van der Waals surface area contributed by atoms with Crippen LogP contribution in [-0.2, 0) is 0 Å². The number of rotatable bonds is 10. The highest BCUT2D eigenvalue weighted by atomic mass is 16.5. The van der Waals surface area contributed by atoms with Gasteiger partial charge in [-0.05, 0) is 32.5 Å². The van der Waals surface area contributed by atoms with E-state index in [0.29, 0.717) is 19.2 Å². The zero-order chi connectivity index (χ0) is 14.8. The third-order valence-electron chi connectivity index (χ3n) is 3.55. The Labute approximate surface area is 122 Å². The van der Waals surface area contributed by atoms with Crippen molar-refractivity contribution in [1.29, 1.82) is 0 Å². The molecule has 0 saturated heterocycles. The lowest BCUT2D eigenvalue weighted by Gasteiger charge is -2.23. The minimum absolute atomic E-state index is 0.318. The topological polar surface area (TPSA) is 44.7 Å². The van der Waals surface area contributed by atoms with Gasteiger partial charge in [-0.3, -0.25) is 0 Å². The fourth-order valence-corrected chi connectivity index (χ4v) is 1.82. The largest absolute Gasteiger partial charge is 0.491 e. The number of hydrogen-bond donors (Lipinski definition) is 2. The first-order valence-electron chi connectivity index (χ1n) is 7.40. The number of nitrogens with zero attached hydrogens (tertiary/aromatic N) is 1. The maximum Gasteiger partial charge on any atom is 0.119 e. The Bertz CT molecular complexity index is 346. The fraction of sp³-hybridized carbons (Fsp3) is 0.625. The maximum absolute atomic E-state index is 9.83. The molecule has 4 heteroatoms. The molecule has 0 bridgehead atoms. The molecule has 0 fully saturated rings. The average molecular weight is 280 g/mol. The number of likely N-dealkylation sites (N-methyl/N-ethyl adjacent to an activating group) is 1. The van der Waals surface area contributed by atoms with Crippen LogP contribution in [0.25, 0.3) is 0 Å². The molecular formula is C16H28N2O2.